The van der Waals surface area contributed by atoms with Gasteiger partial charge in [-0.1, -0.05) is 12.8 Å². The summed E-state index contributed by atoms with van der Waals surface area (Å²) in [6.45, 7) is 0. The summed E-state index contributed by atoms with van der Waals surface area (Å²) in [5.74, 6) is 6.23. The number of rotatable bonds is 2. The second kappa shape index (κ2) is 4.44. The highest BCUT2D eigenvalue weighted by Crippen LogP contribution is 2.21. The third-order valence-electron chi connectivity index (χ3n) is 2.83. The molecule has 0 saturated heterocycles. The molecule has 0 atom stereocenters. The molecule has 2 rings (SSSR count). The standard InChI is InChI=1S/C10H17N5/c1-15-7-12-6-9(15)10(14-11)13-8-4-2-3-5-8/h6-8H,2-5,11H2,1H3,(H,13,14). The Morgan fingerprint density at radius 1 is 1.60 bits per heavy atom. The average molecular weight is 207 g/mol. The van der Waals surface area contributed by atoms with E-state index in [2.05, 4.69) is 15.4 Å². The smallest absolute Gasteiger partial charge is 0.161 e. The highest BCUT2D eigenvalue weighted by Gasteiger charge is 2.16. The second-order valence-electron chi connectivity index (χ2n) is 3.95. The lowest BCUT2D eigenvalue weighted by Crippen LogP contribution is -2.33. The molecule has 5 heteroatoms. The van der Waals surface area contributed by atoms with Gasteiger partial charge in [0.05, 0.1) is 18.6 Å². The second-order valence-corrected chi connectivity index (χ2v) is 3.95. The number of hydrogen-bond donors (Lipinski definition) is 2. The van der Waals surface area contributed by atoms with Gasteiger partial charge in [0.25, 0.3) is 0 Å². The molecule has 1 aliphatic rings. The van der Waals surface area contributed by atoms with Crippen molar-refractivity contribution < 1.29 is 0 Å². The van der Waals surface area contributed by atoms with Gasteiger partial charge in [0.2, 0.25) is 0 Å². The molecule has 5 nitrogen and oxygen atoms in total. The Morgan fingerprint density at radius 3 is 2.87 bits per heavy atom. The van der Waals surface area contributed by atoms with Gasteiger partial charge in [-0.15, -0.1) is 0 Å². The van der Waals surface area contributed by atoms with Crippen molar-refractivity contribution >= 4 is 5.84 Å². The molecule has 0 unspecified atom stereocenters. The van der Waals surface area contributed by atoms with Crippen LogP contribution in [0.2, 0.25) is 0 Å². The van der Waals surface area contributed by atoms with E-state index in [4.69, 9.17) is 5.84 Å². The lowest BCUT2D eigenvalue weighted by atomic mass is 10.2. The maximum Gasteiger partial charge on any atom is 0.161 e. The van der Waals surface area contributed by atoms with Crippen molar-refractivity contribution in [3.63, 3.8) is 0 Å². The quantitative estimate of drug-likeness (QED) is 0.322. The molecule has 1 aromatic heterocycles. The van der Waals surface area contributed by atoms with Gasteiger partial charge in [-0.2, -0.15) is 0 Å². The van der Waals surface area contributed by atoms with Crippen LogP contribution in [0.3, 0.4) is 0 Å². The SMILES string of the molecule is Cn1cncc1C(=NC1CCCC1)NN. The fourth-order valence-corrected chi connectivity index (χ4v) is 1.98. The topological polar surface area (TPSA) is 68.2 Å². The van der Waals surface area contributed by atoms with E-state index >= 15 is 0 Å². The van der Waals surface area contributed by atoms with Gasteiger partial charge in [-0.3, -0.25) is 4.99 Å². The van der Waals surface area contributed by atoms with Crippen molar-refractivity contribution in [2.24, 2.45) is 17.9 Å². The molecule has 0 amide bonds. The molecule has 1 aromatic rings. The normalized spacial score (nSPS) is 18.4. The van der Waals surface area contributed by atoms with Crippen LogP contribution in [0.4, 0.5) is 0 Å². The predicted octanol–water partition coefficient (Wildman–Crippen LogP) is 0.573. The molecule has 0 aromatic carbocycles. The molecule has 0 aliphatic heterocycles. The number of imidazole rings is 1. The summed E-state index contributed by atoms with van der Waals surface area (Å²) >= 11 is 0. The van der Waals surface area contributed by atoms with Crippen LogP contribution < -0.4 is 11.3 Å². The third kappa shape index (κ3) is 2.18. The van der Waals surface area contributed by atoms with E-state index in [1.165, 1.54) is 25.7 Å². The van der Waals surface area contributed by atoms with E-state index in [1.807, 2.05) is 11.6 Å². The molecule has 0 bridgehead atoms. The summed E-state index contributed by atoms with van der Waals surface area (Å²) in [5, 5.41) is 0. The maximum absolute atomic E-state index is 5.49. The Labute approximate surface area is 89.4 Å². The zero-order chi connectivity index (χ0) is 10.7. The van der Waals surface area contributed by atoms with Crippen LogP contribution in [0.5, 0.6) is 0 Å². The molecule has 3 N–H and O–H groups in total. The molecule has 82 valence electrons. The fraction of sp³-hybridized carbons (Fsp3) is 0.600. The van der Waals surface area contributed by atoms with Gasteiger partial charge < -0.3 is 9.99 Å². The van der Waals surface area contributed by atoms with Crippen LogP contribution in [0, 0.1) is 0 Å². The Kier molecular flexibility index (Phi) is 3.01. The molecular formula is C10H17N5. The van der Waals surface area contributed by atoms with Crippen molar-refractivity contribution in [1.29, 1.82) is 0 Å². The van der Waals surface area contributed by atoms with Crippen LogP contribution in [-0.2, 0) is 7.05 Å². The number of nitrogens with one attached hydrogen (secondary N) is 1. The first-order chi connectivity index (χ1) is 7.31. The minimum atomic E-state index is 0.422. The van der Waals surface area contributed by atoms with Crippen LogP contribution in [0.15, 0.2) is 17.5 Å². The minimum absolute atomic E-state index is 0.422. The minimum Gasteiger partial charge on any atom is -0.331 e. The van der Waals surface area contributed by atoms with Gasteiger partial charge >= 0.3 is 0 Å². The molecule has 15 heavy (non-hydrogen) atoms. The van der Waals surface area contributed by atoms with E-state index < -0.39 is 0 Å². The van der Waals surface area contributed by atoms with Crippen molar-refractivity contribution in [3.05, 3.63) is 18.2 Å². The summed E-state index contributed by atoms with van der Waals surface area (Å²) in [5.41, 5.74) is 3.60. The zero-order valence-corrected chi connectivity index (χ0v) is 8.98. The Bertz CT molecular complexity index is 348. The van der Waals surface area contributed by atoms with Crippen molar-refractivity contribution in [1.82, 2.24) is 15.0 Å². The molecule has 1 saturated carbocycles. The average Bonchev–Trinajstić information content (AvgIpc) is 2.85. The number of nitrogens with two attached hydrogens (primary N) is 1. The number of aliphatic imine (C=N–C) groups is 1. The summed E-state index contributed by atoms with van der Waals surface area (Å²) in [6.07, 6.45) is 8.41. The largest absolute Gasteiger partial charge is 0.331 e. The van der Waals surface area contributed by atoms with Gasteiger partial charge in [-0.05, 0) is 12.8 Å². The van der Waals surface area contributed by atoms with Gasteiger partial charge in [0, 0.05) is 7.05 Å². The Balaban J connectivity index is 2.19. The Morgan fingerprint density at radius 2 is 2.33 bits per heavy atom. The van der Waals surface area contributed by atoms with E-state index in [1.54, 1.807) is 12.5 Å². The van der Waals surface area contributed by atoms with Gasteiger partial charge in [-0.25, -0.2) is 10.8 Å². The maximum atomic E-state index is 5.49. The molecule has 0 spiro atoms. The number of amidine groups is 1. The van der Waals surface area contributed by atoms with E-state index in [9.17, 15) is 0 Å². The molecule has 0 radical (unpaired) electrons. The summed E-state index contributed by atoms with van der Waals surface area (Å²) < 4.78 is 1.91. The van der Waals surface area contributed by atoms with E-state index in [-0.39, 0.29) is 0 Å². The number of aromatic nitrogens is 2. The monoisotopic (exact) mass is 207 g/mol. The van der Waals surface area contributed by atoms with Crippen LogP contribution in [0.1, 0.15) is 31.4 Å². The first-order valence-electron chi connectivity index (χ1n) is 5.32. The molecule has 1 heterocycles. The van der Waals surface area contributed by atoms with Gasteiger partial charge in [0.1, 0.15) is 5.69 Å². The van der Waals surface area contributed by atoms with Gasteiger partial charge in [0.15, 0.2) is 5.84 Å². The number of aryl methyl sites for hydroxylation is 1. The summed E-state index contributed by atoms with van der Waals surface area (Å²) in [7, 11) is 1.93. The van der Waals surface area contributed by atoms with Crippen LogP contribution >= 0.6 is 0 Å². The summed E-state index contributed by atoms with van der Waals surface area (Å²) in [4.78, 5) is 8.67. The van der Waals surface area contributed by atoms with E-state index in [0.29, 0.717) is 6.04 Å². The highest BCUT2D eigenvalue weighted by molar-refractivity contribution is 5.96. The zero-order valence-electron chi connectivity index (χ0n) is 8.98. The lowest BCUT2D eigenvalue weighted by Gasteiger charge is -2.09. The van der Waals surface area contributed by atoms with Crippen molar-refractivity contribution in [2.75, 3.05) is 0 Å². The fourth-order valence-electron chi connectivity index (χ4n) is 1.98. The molecular weight excluding hydrogens is 190 g/mol. The van der Waals surface area contributed by atoms with Crippen LogP contribution in [-0.4, -0.2) is 21.4 Å². The number of nitrogens with zero attached hydrogens (tertiary/aromatic N) is 3. The number of hydrogen-bond acceptors (Lipinski definition) is 3. The molecule has 1 fully saturated rings. The Hall–Kier alpha value is -1.36. The van der Waals surface area contributed by atoms with Crippen LogP contribution in [0.25, 0.3) is 0 Å². The first-order valence-corrected chi connectivity index (χ1v) is 5.32. The lowest BCUT2D eigenvalue weighted by molar-refractivity contribution is 0.698. The van der Waals surface area contributed by atoms with Crippen molar-refractivity contribution in [3.8, 4) is 0 Å². The molecule has 1 aliphatic carbocycles. The van der Waals surface area contributed by atoms with Crippen molar-refractivity contribution in [2.45, 2.75) is 31.7 Å². The number of hydrazine groups is 1. The predicted molar refractivity (Wildman–Crippen MR) is 59.3 cm³/mol. The summed E-state index contributed by atoms with van der Waals surface area (Å²) in [6, 6.07) is 0.422. The van der Waals surface area contributed by atoms with E-state index in [0.717, 1.165) is 11.5 Å². The highest BCUT2D eigenvalue weighted by atomic mass is 15.3. The first kappa shape index (κ1) is 10.2. The third-order valence-corrected chi connectivity index (χ3v) is 2.83.